The molecule has 1 aliphatic rings. The standard InChI is InChI=1S/C8H16O3/c1-6-4-7(10-3)8(11-6)5-9-2/h6-8H,4-5H2,1-3H3/t6-,7+,8+/m0/s1. The van der Waals surface area contributed by atoms with Crippen molar-refractivity contribution in [3.05, 3.63) is 0 Å². The summed E-state index contributed by atoms with van der Waals surface area (Å²) in [7, 11) is 3.40. The van der Waals surface area contributed by atoms with Gasteiger partial charge in [0.2, 0.25) is 0 Å². The molecule has 0 unspecified atom stereocenters. The Hall–Kier alpha value is -0.120. The molecule has 0 N–H and O–H groups in total. The van der Waals surface area contributed by atoms with Crippen LogP contribution in [0, 0.1) is 0 Å². The molecule has 0 spiro atoms. The first-order valence-corrected chi connectivity index (χ1v) is 3.95. The van der Waals surface area contributed by atoms with Gasteiger partial charge in [0, 0.05) is 20.6 Å². The minimum absolute atomic E-state index is 0.125. The fourth-order valence-electron chi connectivity index (χ4n) is 1.48. The molecule has 0 bridgehead atoms. The topological polar surface area (TPSA) is 27.7 Å². The van der Waals surface area contributed by atoms with Crippen molar-refractivity contribution < 1.29 is 14.2 Å². The van der Waals surface area contributed by atoms with Gasteiger partial charge in [-0.15, -0.1) is 0 Å². The molecular formula is C8H16O3. The van der Waals surface area contributed by atoms with E-state index in [4.69, 9.17) is 14.2 Å². The van der Waals surface area contributed by atoms with Gasteiger partial charge in [0.05, 0.1) is 18.8 Å². The second kappa shape index (κ2) is 4.04. The molecule has 3 heteroatoms. The number of methoxy groups -OCH3 is 2. The molecule has 3 nitrogen and oxygen atoms in total. The van der Waals surface area contributed by atoms with Crippen molar-refractivity contribution in [2.45, 2.75) is 31.7 Å². The average molecular weight is 160 g/mol. The van der Waals surface area contributed by atoms with E-state index in [1.54, 1.807) is 14.2 Å². The lowest BCUT2D eigenvalue weighted by Crippen LogP contribution is -2.27. The van der Waals surface area contributed by atoms with Gasteiger partial charge in [0.25, 0.3) is 0 Å². The van der Waals surface area contributed by atoms with Gasteiger partial charge < -0.3 is 14.2 Å². The molecule has 0 aromatic heterocycles. The molecule has 0 amide bonds. The monoisotopic (exact) mass is 160 g/mol. The van der Waals surface area contributed by atoms with Crippen molar-refractivity contribution in [1.29, 1.82) is 0 Å². The van der Waals surface area contributed by atoms with Crippen LogP contribution in [0.25, 0.3) is 0 Å². The van der Waals surface area contributed by atoms with Gasteiger partial charge in [-0.05, 0) is 6.92 Å². The molecule has 3 atom stereocenters. The summed E-state index contributed by atoms with van der Waals surface area (Å²) < 4.78 is 15.8. The van der Waals surface area contributed by atoms with Crippen molar-refractivity contribution in [3.8, 4) is 0 Å². The molecule has 0 aromatic carbocycles. The molecule has 1 rings (SSSR count). The number of ether oxygens (including phenoxy) is 3. The number of rotatable bonds is 3. The quantitative estimate of drug-likeness (QED) is 0.612. The summed E-state index contributed by atoms with van der Waals surface area (Å²) in [4.78, 5) is 0. The van der Waals surface area contributed by atoms with E-state index in [0.29, 0.717) is 12.7 Å². The Kier molecular flexibility index (Phi) is 3.30. The van der Waals surface area contributed by atoms with Crippen molar-refractivity contribution in [2.24, 2.45) is 0 Å². The smallest absolute Gasteiger partial charge is 0.107 e. The van der Waals surface area contributed by atoms with Crippen LogP contribution >= 0.6 is 0 Å². The Labute approximate surface area is 67.6 Å². The summed E-state index contributed by atoms with van der Waals surface area (Å²) in [5.74, 6) is 0. The largest absolute Gasteiger partial charge is 0.382 e. The third kappa shape index (κ3) is 2.15. The molecular weight excluding hydrogens is 144 g/mol. The van der Waals surface area contributed by atoms with Crippen LogP contribution in [0.5, 0.6) is 0 Å². The van der Waals surface area contributed by atoms with Crippen LogP contribution in [0.4, 0.5) is 0 Å². The van der Waals surface area contributed by atoms with Crippen molar-refractivity contribution in [3.63, 3.8) is 0 Å². The molecule has 1 aliphatic heterocycles. The maximum Gasteiger partial charge on any atom is 0.107 e. The lowest BCUT2D eigenvalue weighted by molar-refractivity contribution is -0.0404. The van der Waals surface area contributed by atoms with Gasteiger partial charge in [0.1, 0.15) is 6.10 Å². The van der Waals surface area contributed by atoms with E-state index >= 15 is 0 Å². The zero-order valence-electron chi connectivity index (χ0n) is 7.37. The van der Waals surface area contributed by atoms with E-state index in [9.17, 15) is 0 Å². The second-order valence-electron chi connectivity index (χ2n) is 2.95. The second-order valence-corrected chi connectivity index (χ2v) is 2.95. The van der Waals surface area contributed by atoms with Crippen LogP contribution in [0.15, 0.2) is 0 Å². The Morgan fingerprint density at radius 1 is 1.45 bits per heavy atom. The summed E-state index contributed by atoms with van der Waals surface area (Å²) in [6, 6.07) is 0. The summed E-state index contributed by atoms with van der Waals surface area (Å²) >= 11 is 0. The molecule has 0 aliphatic carbocycles. The zero-order chi connectivity index (χ0) is 8.27. The first-order chi connectivity index (χ1) is 5.27. The maximum atomic E-state index is 5.56. The zero-order valence-corrected chi connectivity index (χ0v) is 7.37. The van der Waals surface area contributed by atoms with Crippen molar-refractivity contribution in [2.75, 3.05) is 20.8 Å². The predicted octanol–water partition coefficient (Wildman–Crippen LogP) is 0.825. The highest BCUT2D eigenvalue weighted by molar-refractivity contribution is 4.80. The summed E-state index contributed by atoms with van der Waals surface area (Å²) in [5.41, 5.74) is 0. The molecule has 0 radical (unpaired) electrons. The first kappa shape index (κ1) is 8.97. The van der Waals surface area contributed by atoms with Gasteiger partial charge in [-0.3, -0.25) is 0 Å². The minimum Gasteiger partial charge on any atom is -0.382 e. The molecule has 0 saturated carbocycles. The normalized spacial score (nSPS) is 37.9. The number of hydrogen-bond donors (Lipinski definition) is 0. The van der Waals surface area contributed by atoms with Crippen molar-refractivity contribution in [1.82, 2.24) is 0 Å². The fraction of sp³-hybridized carbons (Fsp3) is 1.00. The third-order valence-corrected chi connectivity index (χ3v) is 2.02. The first-order valence-electron chi connectivity index (χ1n) is 3.95. The Bertz CT molecular complexity index is 116. The molecule has 1 heterocycles. The Balaban J connectivity index is 2.37. The van der Waals surface area contributed by atoms with E-state index in [1.165, 1.54) is 0 Å². The van der Waals surface area contributed by atoms with E-state index in [2.05, 4.69) is 6.92 Å². The minimum atomic E-state index is 0.125. The van der Waals surface area contributed by atoms with Crippen LogP contribution in [-0.4, -0.2) is 39.1 Å². The number of hydrogen-bond acceptors (Lipinski definition) is 3. The third-order valence-electron chi connectivity index (χ3n) is 2.02. The van der Waals surface area contributed by atoms with Crippen LogP contribution < -0.4 is 0 Å². The lowest BCUT2D eigenvalue weighted by Gasteiger charge is -2.15. The average Bonchev–Trinajstić information content (AvgIpc) is 2.32. The molecule has 1 fully saturated rings. The van der Waals surface area contributed by atoms with Crippen LogP contribution in [-0.2, 0) is 14.2 Å². The Morgan fingerprint density at radius 2 is 2.18 bits per heavy atom. The lowest BCUT2D eigenvalue weighted by atomic mass is 10.1. The van der Waals surface area contributed by atoms with E-state index < -0.39 is 0 Å². The summed E-state index contributed by atoms with van der Waals surface area (Å²) in [6.45, 7) is 2.69. The van der Waals surface area contributed by atoms with Gasteiger partial charge >= 0.3 is 0 Å². The van der Waals surface area contributed by atoms with Gasteiger partial charge in [-0.25, -0.2) is 0 Å². The van der Waals surface area contributed by atoms with Crippen molar-refractivity contribution >= 4 is 0 Å². The van der Waals surface area contributed by atoms with E-state index in [0.717, 1.165) is 6.42 Å². The Morgan fingerprint density at radius 3 is 2.73 bits per heavy atom. The van der Waals surface area contributed by atoms with Crippen LogP contribution in [0.1, 0.15) is 13.3 Å². The van der Waals surface area contributed by atoms with Gasteiger partial charge in [0.15, 0.2) is 0 Å². The predicted molar refractivity (Wildman–Crippen MR) is 41.6 cm³/mol. The maximum absolute atomic E-state index is 5.56. The highest BCUT2D eigenvalue weighted by Crippen LogP contribution is 2.22. The highest BCUT2D eigenvalue weighted by Gasteiger charge is 2.32. The van der Waals surface area contributed by atoms with Crippen LogP contribution in [0.3, 0.4) is 0 Å². The van der Waals surface area contributed by atoms with E-state index in [-0.39, 0.29) is 12.2 Å². The van der Waals surface area contributed by atoms with E-state index in [1.807, 2.05) is 0 Å². The summed E-state index contributed by atoms with van der Waals surface area (Å²) in [5, 5.41) is 0. The molecule has 0 aromatic rings. The molecule has 11 heavy (non-hydrogen) atoms. The van der Waals surface area contributed by atoms with Crippen LogP contribution in [0.2, 0.25) is 0 Å². The van der Waals surface area contributed by atoms with Gasteiger partial charge in [-0.1, -0.05) is 0 Å². The highest BCUT2D eigenvalue weighted by atomic mass is 16.6. The summed E-state index contributed by atoms with van der Waals surface area (Å²) in [6.07, 6.45) is 1.62. The molecule has 1 saturated heterocycles. The molecule has 66 valence electrons. The SMILES string of the molecule is COC[C@H]1O[C@@H](C)C[C@H]1OC. The van der Waals surface area contributed by atoms with Gasteiger partial charge in [-0.2, -0.15) is 0 Å². The fourth-order valence-corrected chi connectivity index (χ4v) is 1.48.